The second-order valence-electron chi connectivity index (χ2n) is 5.40. The first-order valence-electron chi connectivity index (χ1n) is 6.31. The zero-order valence-electron chi connectivity index (χ0n) is 11.6. The van der Waals surface area contributed by atoms with Crippen LogP contribution in [0.3, 0.4) is 0 Å². The van der Waals surface area contributed by atoms with Crippen LogP contribution in [0.1, 0.15) is 13.8 Å². The molecule has 104 valence electrons. The summed E-state index contributed by atoms with van der Waals surface area (Å²) >= 11 is 0. The quantitative estimate of drug-likeness (QED) is 0.885. The lowest BCUT2D eigenvalue weighted by Crippen LogP contribution is -2.52. The van der Waals surface area contributed by atoms with E-state index in [4.69, 9.17) is 15.2 Å². The molecule has 0 bridgehead atoms. The first kappa shape index (κ1) is 13.7. The van der Waals surface area contributed by atoms with Gasteiger partial charge in [-0.2, -0.15) is 0 Å². The molecule has 5 heteroatoms. The largest absolute Gasteiger partial charge is 0.486 e. The minimum atomic E-state index is -0.873. The molecule has 1 heterocycles. The number of likely N-dealkylation sites (N-methyl/N-ethyl adjacent to an activating group) is 1. The Hall–Kier alpha value is -1.75. The summed E-state index contributed by atoms with van der Waals surface area (Å²) < 4.78 is 11.4. The molecule has 2 N–H and O–H groups in total. The third-order valence-electron chi connectivity index (χ3n) is 2.94. The van der Waals surface area contributed by atoms with Crippen LogP contribution in [-0.4, -0.2) is 42.6 Å². The highest BCUT2D eigenvalue weighted by Gasteiger charge is 2.29. The van der Waals surface area contributed by atoms with Gasteiger partial charge in [0.05, 0.1) is 12.1 Å². The van der Waals surface area contributed by atoms with Crippen molar-refractivity contribution in [1.29, 1.82) is 0 Å². The fourth-order valence-electron chi connectivity index (χ4n) is 2.03. The molecule has 1 aliphatic rings. The number of carbonyl (C=O) groups is 1. The number of ether oxygens (including phenoxy) is 2. The number of nitrogens with two attached hydrogens (primary N) is 1. The first-order valence-corrected chi connectivity index (χ1v) is 6.31. The van der Waals surface area contributed by atoms with E-state index in [9.17, 15) is 4.79 Å². The van der Waals surface area contributed by atoms with Crippen LogP contribution in [0, 0.1) is 0 Å². The lowest BCUT2D eigenvalue weighted by Gasteiger charge is -2.32. The molecule has 0 spiro atoms. The lowest BCUT2D eigenvalue weighted by molar-refractivity contribution is -0.135. The number of carbonyl (C=O) groups excluding carboxylic acids is 1. The Morgan fingerprint density at radius 1 is 1.42 bits per heavy atom. The number of fused-ring (bicyclic) bond motifs is 1. The third-order valence-corrected chi connectivity index (χ3v) is 2.94. The monoisotopic (exact) mass is 264 g/mol. The third kappa shape index (κ3) is 3.17. The molecular formula is C14H20N2O3. The maximum Gasteiger partial charge on any atom is 0.241 e. The van der Waals surface area contributed by atoms with Crippen molar-refractivity contribution < 1.29 is 14.3 Å². The van der Waals surface area contributed by atoms with Crippen LogP contribution in [0.25, 0.3) is 0 Å². The molecule has 19 heavy (non-hydrogen) atoms. The Morgan fingerprint density at radius 2 is 2.05 bits per heavy atom. The Morgan fingerprint density at radius 3 is 2.68 bits per heavy atom. The molecule has 1 unspecified atom stereocenters. The van der Waals surface area contributed by atoms with E-state index in [2.05, 4.69) is 0 Å². The minimum Gasteiger partial charge on any atom is -0.486 e. The molecule has 0 saturated carbocycles. The normalized spacial score (nSPS) is 18.0. The summed E-state index contributed by atoms with van der Waals surface area (Å²) in [6.45, 7) is 4.27. The van der Waals surface area contributed by atoms with Crippen LogP contribution < -0.4 is 15.2 Å². The zero-order chi connectivity index (χ0) is 14.0. The second-order valence-corrected chi connectivity index (χ2v) is 5.40. The van der Waals surface area contributed by atoms with Gasteiger partial charge in [0, 0.05) is 7.05 Å². The van der Waals surface area contributed by atoms with Crippen molar-refractivity contribution in [1.82, 2.24) is 4.90 Å². The van der Waals surface area contributed by atoms with E-state index >= 15 is 0 Å². The first-order chi connectivity index (χ1) is 8.88. The Bertz CT molecular complexity index is 468. The van der Waals surface area contributed by atoms with Gasteiger partial charge in [-0.1, -0.05) is 12.1 Å². The summed E-state index contributed by atoms with van der Waals surface area (Å²) in [6.07, 6.45) is -0.175. The van der Waals surface area contributed by atoms with E-state index < -0.39 is 5.54 Å². The van der Waals surface area contributed by atoms with E-state index in [1.54, 1.807) is 25.8 Å². The number of amides is 1. The summed E-state index contributed by atoms with van der Waals surface area (Å²) in [4.78, 5) is 13.6. The summed E-state index contributed by atoms with van der Waals surface area (Å²) in [6, 6.07) is 7.51. The topological polar surface area (TPSA) is 64.8 Å². The second kappa shape index (κ2) is 5.09. The van der Waals surface area contributed by atoms with Crippen molar-refractivity contribution in [3.05, 3.63) is 24.3 Å². The van der Waals surface area contributed by atoms with Crippen LogP contribution in [0.4, 0.5) is 0 Å². The Labute approximate surface area is 113 Å². The van der Waals surface area contributed by atoms with E-state index in [-0.39, 0.29) is 12.0 Å². The standard InChI is InChI=1S/C14H20N2O3/c1-14(2,15)13(17)16(3)8-10-9-18-11-6-4-5-7-12(11)19-10/h4-7,10H,8-9,15H2,1-3H3. The van der Waals surface area contributed by atoms with Crippen molar-refractivity contribution in [2.75, 3.05) is 20.2 Å². The zero-order valence-corrected chi connectivity index (χ0v) is 11.6. The van der Waals surface area contributed by atoms with Crippen molar-refractivity contribution in [3.63, 3.8) is 0 Å². The molecule has 0 saturated heterocycles. The van der Waals surface area contributed by atoms with Gasteiger partial charge in [-0.25, -0.2) is 0 Å². The number of para-hydroxylation sites is 2. The summed E-state index contributed by atoms with van der Waals surface area (Å²) in [7, 11) is 1.72. The average Bonchev–Trinajstić information content (AvgIpc) is 2.36. The van der Waals surface area contributed by atoms with Crippen LogP contribution in [0.5, 0.6) is 11.5 Å². The molecule has 1 aromatic carbocycles. The number of rotatable bonds is 3. The molecular weight excluding hydrogens is 244 g/mol. The highest BCUT2D eigenvalue weighted by Crippen LogP contribution is 2.30. The predicted molar refractivity (Wildman–Crippen MR) is 72.3 cm³/mol. The molecule has 5 nitrogen and oxygen atoms in total. The highest BCUT2D eigenvalue weighted by molar-refractivity contribution is 5.84. The maximum atomic E-state index is 12.0. The van der Waals surface area contributed by atoms with Gasteiger partial charge in [0.15, 0.2) is 17.6 Å². The van der Waals surface area contributed by atoms with E-state index in [1.165, 1.54) is 0 Å². The predicted octanol–water partition coefficient (Wildman–Crippen LogP) is 1.02. The van der Waals surface area contributed by atoms with Gasteiger partial charge in [0.1, 0.15) is 6.61 Å². The molecule has 0 aliphatic carbocycles. The summed E-state index contributed by atoms with van der Waals surface area (Å²) in [5, 5.41) is 0. The van der Waals surface area contributed by atoms with Crippen molar-refractivity contribution >= 4 is 5.91 Å². The molecule has 0 radical (unpaired) electrons. The molecule has 0 fully saturated rings. The summed E-state index contributed by atoms with van der Waals surface area (Å²) in [5.74, 6) is 1.34. The fourth-order valence-corrected chi connectivity index (χ4v) is 2.03. The van der Waals surface area contributed by atoms with Crippen molar-refractivity contribution in [3.8, 4) is 11.5 Å². The van der Waals surface area contributed by atoms with E-state index in [0.29, 0.717) is 18.9 Å². The van der Waals surface area contributed by atoms with Gasteiger partial charge < -0.3 is 20.1 Å². The molecule has 0 aromatic heterocycles. The van der Waals surface area contributed by atoms with Gasteiger partial charge in [-0.15, -0.1) is 0 Å². The fraction of sp³-hybridized carbons (Fsp3) is 0.500. The highest BCUT2D eigenvalue weighted by atomic mass is 16.6. The van der Waals surface area contributed by atoms with Gasteiger partial charge in [-0.05, 0) is 26.0 Å². The Kier molecular flexibility index (Phi) is 3.66. The molecule has 1 amide bonds. The van der Waals surface area contributed by atoms with E-state index in [1.807, 2.05) is 24.3 Å². The van der Waals surface area contributed by atoms with Gasteiger partial charge >= 0.3 is 0 Å². The van der Waals surface area contributed by atoms with Crippen LogP contribution in [-0.2, 0) is 4.79 Å². The lowest BCUT2D eigenvalue weighted by atomic mass is 10.1. The van der Waals surface area contributed by atoms with Gasteiger partial charge in [-0.3, -0.25) is 4.79 Å². The molecule has 1 aliphatic heterocycles. The van der Waals surface area contributed by atoms with Crippen LogP contribution >= 0.6 is 0 Å². The molecule has 2 rings (SSSR count). The van der Waals surface area contributed by atoms with Crippen molar-refractivity contribution in [2.24, 2.45) is 5.73 Å². The number of benzene rings is 1. The summed E-state index contributed by atoms with van der Waals surface area (Å²) in [5.41, 5.74) is 4.93. The average molecular weight is 264 g/mol. The minimum absolute atomic E-state index is 0.116. The van der Waals surface area contributed by atoms with Gasteiger partial charge in [0.25, 0.3) is 0 Å². The molecule has 1 aromatic rings. The maximum absolute atomic E-state index is 12.0. The number of nitrogens with zero attached hydrogens (tertiary/aromatic N) is 1. The smallest absolute Gasteiger partial charge is 0.241 e. The molecule has 1 atom stereocenters. The van der Waals surface area contributed by atoms with Crippen LogP contribution in [0.2, 0.25) is 0 Å². The number of hydrogen-bond donors (Lipinski definition) is 1. The van der Waals surface area contributed by atoms with Gasteiger partial charge in [0.2, 0.25) is 5.91 Å². The Balaban J connectivity index is 1.97. The van der Waals surface area contributed by atoms with E-state index in [0.717, 1.165) is 5.75 Å². The van der Waals surface area contributed by atoms with Crippen LogP contribution in [0.15, 0.2) is 24.3 Å². The SMILES string of the molecule is CN(CC1COc2ccccc2O1)C(=O)C(C)(C)N. The van der Waals surface area contributed by atoms with Crippen molar-refractivity contribution in [2.45, 2.75) is 25.5 Å². The number of hydrogen-bond acceptors (Lipinski definition) is 4.